The summed E-state index contributed by atoms with van der Waals surface area (Å²) in [5.41, 5.74) is 23.1. The van der Waals surface area contributed by atoms with Crippen molar-refractivity contribution < 1.29 is 0 Å². The minimum Gasteiger partial charge on any atom is -0.0613 e. The predicted octanol–water partition coefficient (Wildman–Crippen LogP) is 11.1. The summed E-state index contributed by atoms with van der Waals surface area (Å²) < 4.78 is 0. The number of benzene rings is 4. The molecule has 4 aromatic rings. The van der Waals surface area contributed by atoms with Gasteiger partial charge in [-0.15, -0.1) is 0 Å². The fourth-order valence-corrected chi connectivity index (χ4v) is 9.45. The fourth-order valence-electron chi connectivity index (χ4n) is 9.45. The predicted molar refractivity (Wildman–Crippen MR) is 187 cm³/mol. The second-order valence-corrected chi connectivity index (χ2v) is 12.5. The molecule has 0 saturated carbocycles. The Labute approximate surface area is 257 Å². The third kappa shape index (κ3) is 4.46. The average molecular weight is 561 g/mol. The highest BCUT2D eigenvalue weighted by atomic mass is 14.3. The molecule has 224 valence electrons. The van der Waals surface area contributed by atoms with Gasteiger partial charge in [0, 0.05) is 0 Å². The maximum Gasteiger partial charge on any atom is -0.00141 e. The zero-order valence-electron chi connectivity index (χ0n) is 28.6. The van der Waals surface area contributed by atoms with Gasteiger partial charge in [0.05, 0.1) is 0 Å². The lowest BCUT2D eigenvalue weighted by molar-refractivity contribution is 0.855. The van der Waals surface area contributed by atoms with Crippen molar-refractivity contribution in [1.29, 1.82) is 0 Å². The number of hydrogen-bond donors (Lipinski definition) is 0. The maximum atomic E-state index is 2.66. The average Bonchev–Trinajstić information content (AvgIpc) is 3.02. The zero-order valence-corrected chi connectivity index (χ0v) is 28.6. The van der Waals surface area contributed by atoms with Crippen LogP contribution < -0.4 is 0 Å². The Morgan fingerprint density at radius 2 is 0.500 bits per heavy atom. The van der Waals surface area contributed by atoms with Crippen LogP contribution >= 0.6 is 0 Å². The van der Waals surface area contributed by atoms with Crippen LogP contribution in [0.1, 0.15) is 147 Å². The van der Waals surface area contributed by atoms with Gasteiger partial charge in [0.2, 0.25) is 0 Å². The van der Waals surface area contributed by atoms with Gasteiger partial charge in [-0.2, -0.15) is 0 Å². The van der Waals surface area contributed by atoms with Crippen LogP contribution in [0.25, 0.3) is 21.5 Å². The van der Waals surface area contributed by atoms with Crippen molar-refractivity contribution in [3.63, 3.8) is 0 Å². The van der Waals surface area contributed by atoms with Crippen LogP contribution in [-0.2, 0) is 77.0 Å². The summed E-state index contributed by atoms with van der Waals surface area (Å²) in [6, 6.07) is 5.32. The Morgan fingerprint density at radius 3 is 0.762 bits per heavy atom. The summed E-state index contributed by atoms with van der Waals surface area (Å²) in [7, 11) is 0. The third-order valence-electron chi connectivity index (χ3n) is 11.1. The number of aryl methyl sites for hydroxylation is 4. The summed E-state index contributed by atoms with van der Waals surface area (Å²) in [5, 5.41) is 6.16. The Hall–Kier alpha value is -2.60. The molecule has 0 heteroatoms. The smallest absolute Gasteiger partial charge is 0.00141 e. The van der Waals surface area contributed by atoms with E-state index in [4.69, 9.17) is 0 Å². The van der Waals surface area contributed by atoms with Crippen molar-refractivity contribution in [2.75, 3.05) is 0 Å². The topological polar surface area (TPSA) is 0 Å². The molecule has 0 heterocycles. The van der Waals surface area contributed by atoms with Gasteiger partial charge in [-0.25, -0.2) is 0 Å². The van der Waals surface area contributed by atoms with Crippen LogP contribution in [0.15, 0.2) is 12.1 Å². The molecule has 0 saturated heterocycles. The van der Waals surface area contributed by atoms with E-state index >= 15 is 0 Å². The molecule has 0 aliphatic heterocycles. The van der Waals surface area contributed by atoms with E-state index in [9.17, 15) is 0 Å². The van der Waals surface area contributed by atoms with Gasteiger partial charge >= 0.3 is 0 Å². The van der Waals surface area contributed by atoms with Crippen LogP contribution in [-0.4, -0.2) is 0 Å². The lowest BCUT2D eigenvalue weighted by Crippen LogP contribution is -2.20. The first-order valence-electron chi connectivity index (χ1n) is 17.7. The minimum absolute atomic E-state index is 1.11. The van der Waals surface area contributed by atoms with Crippen molar-refractivity contribution in [2.24, 2.45) is 0 Å². The SMILES string of the molecule is CCc1c(CC)c(CC)c2c(c1CC)Cc1c(c(CC)c3cc4c(CC)c(CC)c(CC)c(CC)c4cc3c1CC)C2. The highest BCUT2D eigenvalue weighted by Gasteiger charge is 2.29. The first-order valence-corrected chi connectivity index (χ1v) is 17.7. The summed E-state index contributed by atoms with van der Waals surface area (Å²) >= 11 is 0. The highest BCUT2D eigenvalue weighted by molar-refractivity contribution is 6.05. The Kier molecular flexibility index (Phi) is 9.22. The molecule has 0 N–H and O–H groups in total. The first-order chi connectivity index (χ1) is 20.4. The lowest BCUT2D eigenvalue weighted by Gasteiger charge is -2.33. The molecule has 0 atom stereocenters. The van der Waals surface area contributed by atoms with Gasteiger partial charge in [-0.05, 0) is 189 Å². The zero-order chi connectivity index (χ0) is 30.3. The Bertz CT molecular complexity index is 1540. The molecule has 0 radical (unpaired) electrons. The van der Waals surface area contributed by atoms with Crippen LogP contribution in [0.5, 0.6) is 0 Å². The summed E-state index contributed by atoms with van der Waals surface area (Å²) in [5.74, 6) is 0. The molecular formula is C42H56. The van der Waals surface area contributed by atoms with Gasteiger partial charge in [0.1, 0.15) is 0 Å². The van der Waals surface area contributed by atoms with Crippen LogP contribution in [0.4, 0.5) is 0 Å². The van der Waals surface area contributed by atoms with E-state index in [2.05, 4.69) is 81.4 Å². The Balaban J connectivity index is 1.93. The fraction of sp³-hybridized carbons (Fsp3) is 0.524. The van der Waals surface area contributed by atoms with Gasteiger partial charge in [0.15, 0.2) is 0 Å². The molecule has 0 spiro atoms. The summed E-state index contributed by atoms with van der Waals surface area (Å²) in [4.78, 5) is 0. The van der Waals surface area contributed by atoms with Crippen molar-refractivity contribution in [3.8, 4) is 0 Å². The van der Waals surface area contributed by atoms with Crippen LogP contribution in [0, 0.1) is 0 Å². The quantitative estimate of drug-likeness (QED) is 0.149. The molecule has 0 amide bonds. The lowest BCUT2D eigenvalue weighted by atomic mass is 9.71. The van der Waals surface area contributed by atoms with Crippen molar-refractivity contribution >= 4 is 21.5 Å². The molecule has 0 aromatic heterocycles. The van der Waals surface area contributed by atoms with Crippen molar-refractivity contribution in [2.45, 2.75) is 146 Å². The molecule has 5 rings (SSSR count). The molecule has 0 fully saturated rings. The van der Waals surface area contributed by atoms with E-state index in [1.165, 1.54) is 10.8 Å². The second-order valence-electron chi connectivity index (χ2n) is 12.5. The summed E-state index contributed by atoms with van der Waals surface area (Å²) in [6.45, 7) is 23.9. The van der Waals surface area contributed by atoms with E-state index in [0.717, 1.165) is 77.0 Å². The maximum absolute atomic E-state index is 2.66. The van der Waals surface area contributed by atoms with Gasteiger partial charge in [-0.3, -0.25) is 0 Å². The van der Waals surface area contributed by atoms with Crippen molar-refractivity contribution in [1.82, 2.24) is 0 Å². The minimum atomic E-state index is 1.11. The van der Waals surface area contributed by atoms with Gasteiger partial charge in [0.25, 0.3) is 0 Å². The molecular weight excluding hydrogens is 504 g/mol. The molecule has 0 nitrogen and oxygen atoms in total. The normalized spacial score (nSPS) is 12.8. The monoisotopic (exact) mass is 560 g/mol. The van der Waals surface area contributed by atoms with Crippen LogP contribution in [0.3, 0.4) is 0 Å². The largest absolute Gasteiger partial charge is 0.0613 e. The van der Waals surface area contributed by atoms with Crippen molar-refractivity contribution in [3.05, 3.63) is 90.0 Å². The first kappa shape index (κ1) is 30.8. The van der Waals surface area contributed by atoms with Gasteiger partial charge in [-0.1, -0.05) is 69.2 Å². The summed E-state index contributed by atoms with van der Waals surface area (Å²) in [6.07, 6.45) is 13.6. The molecule has 0 unspecified atom stereocenters. The van der Waals surface area contributed by atoms with E-state index in [1.54, 1.807) is 88.7 Å². The molecule has 1 aliphatic carbocycles. The van der Waals surface area contributed by atoms with E-state index in [0.29, 0.717) is 0 Å². The van der Waals surface area contributed by atoms with Gasteiger partial charge < -0.3 is 0 Å². The second kappa shape index (κ2) is 12.6. The standard InChI is InChI=1S/C42H56/c1-11-25-26(12-2)30(16-6)36-22-40-34(20-10)42-24-38-32(18-8)28(14-4)27(13-3)31(17-7)37(38)23-41(42)33(19-9)39(40)21-35(36)29(25)15-5/h21-22H,11-20,23-24H2,1-10H3. The van der Waals surface area contributed by atoms with Crippen LogP contribution in [0.2, 0.25) is 0 Å². The third-order valence-corrected chi connectivity index (χ3v) is 11.1. The molecule has 0 bridgehead atoms. The Morgan fingerprint density at radius 1 is 0.286 bits per heavy atom. The number of fused-ring (bicyclic) bond motifs is 4. The van der Waals surface area contributed by atoms with E-state index in [1.807, 2.05) is 0 Å². The molecule has 4 aromatic carbocycles. The van der Waals surface area contributed by atoms with E-state index < -0.39 is 0 Å². The molecule has 42 heavy (non-hydrogen) atoms. The molecule has 1 aliphatic rings. The number of rotatable bonds is 10. The number of hydrogen-bond acceptors (Lipinski definition) is 0. The highest BCUT2D eigenvalue weighted by Crippen LogP contribution is 2.45. The van der Waals surface area contributed by atoms with E-state index in [-0.39, 0.29) is 0 Å².